The van der Waals surface area contributed by atoms with Gasteiger partial charge in [0.2, 0.25) is 11.8 Å². The summed E-state index contributed by atoms with van der Waals surface area (Å²) in [6.45, 7) is 5.72. The number of unbranched alkanes of at least 4 members (excludes halogenated alkanes) is 18. The standard InChI is InChI=1S/C31H54N2O2/c1-4-5-6-7-8-9-10-11-12-13-14-15-16-17-18-19-20-21-22-23-31(35)33-29-25-24-27(2)30(26-29)32-28(3)34/h24-26H,4-23H2,1-3H3,(H,32,34)(H,33,35). The van der Waals surface area contributed by atoms with Crippen LogP contribution in [-0.2, 0) is 9.59 Å². The largest absolute Gasteiger partial charge is 0.326 e. The van der Waals surface area contributed by atoms with Crippen LogP contribution in [0.25, 0.3) is 0 Å². The molecule has 0 bridgehead atoms. The maximum absolute atomic E-state index is 12.2. The van der Waals surface area contributed by atoms with E-state index in [4.69, 9.17) is 0 Å². The number of carbonyl (C=O) groups is 2. The fourth-order valence-corrected chi connectivity index (χ4v) is 4.61. The summed E-state index contributed by atoms with van der Waals surface area (Å²) in [6.07, 6.45) is 26.3. The molecule has 0 aromatic heterocycles. The second-order valence-electron chi connectivity index (χ2n) is 10.4. The zero-order valence-corrected chi connectivity index (χ0v) is 23.2. The Bertz CT molecular complexity index is 687. The molecule has 4 heteroatoms. The fraction of sp³-hybridized carbons (Fsp3) is 0.742. The van der Waals surface area contributed by atoms with Crippen LogP contribution in [0.1, 0.15) is 148 Å². The Morgan fingerprint density at radius 3 is 1.49 bits per heavy atom. The summed E-state index contributed by atoms with van der Waals surface area (Å²) in [5.74, 6) is -0.0553. The monoisotopic (exact) mass is 486 g/mol. The van der Waals surface area contributed by atoms with E-state index < -0.39 is 0 Å². The first kappa shape index (κ1) is 31.2. The Morgan fingerprint density at radius 1 is 0.629 bits per heavy atom. The van der Waals surface area contributed by atoms with Crippen LogP contribution in [0.4, 0.5) is 11.4 Å². The van der Waals surface area contributed by atoms with Crippen LogP contribution in [0.3, 0.4) is 0 Å². The Labute approximate surface area is 216 Å². The summed E-state index contributed by atoms with van der Waals surface area (Å²) in [6, 6.07) is 5.62. The summed E-state index contributed by atoms with van der Waals surface area (Å²) in [7, 11) is 0. The molecule has 0 saturated carbocycles. The molecule has 35 heavy (non-hydrogen) atoms. The highest BCUT2D eigenvalue weighted by Gasteiger charge is 2.06. The molecule has 0 unspecified atom stereocenters. The van der Waals surface area contributed by atoms with Crippen LogP contribution >= 0.6 is 0 Å². The topological polar surface area (TPSA) is 58.2 Å². The number of aryl methyl sites for hydroxylation is 1. The van der Waals surface area contributed by atoms with Crippen LogP contribution in [0, 0.1) is 6.92 Å². The highest BCUT2D eigenvalue weighted by molar-refractivity contribution is 5.93. The number of amides is 2. The third-order valence-corrected chi connectivity index (χ3v) is 6.84. The van der Waals surface area contributed by atoms with Crippen LogP contribution in [0.5, 0.6) is 0 Å². The minimum absolute atomic E-state index is 0.0506. The normalized spacial score (nSPS) is 10.9. The van der Waals surface area contributed by atoms with E-state index in [1.165, 1.54) is 116 Å². The Kier molecular flexibility index (Phi) is 19.1. The van der Waals surface area contributed by atoms with Gasteiger partial charge in [-0.3, -0.25) is 9.59 Å². The predicted octanol–water partition coefficient (Wildman–Crippen LogP) is 9.71. The Hall–Kier alpha value is -1.84. The van der Waals surface area contributed by atoms with Crippen molar-refractivity contribution in [2.45, 2.75) is 149 Å². The van der Waals surface area contributed by atoms with Gasteiger partial charge in [-0.2, -0.15) is 0 Å². The van der Waals surface area contributed by atoms with Crippen molar-refractivity contribution in [2.75, 3.05) is 10.6 Å². The van der Waals surface area contributed by atoms with Crippen LogP contribution in [-0.4, -0.2) is 11.8 Å². The van der Waals surface area contributed by atoms with E-state index in [2.05, 4.69) is 17.6 Å². The highest BCUT2D eigenvalue weighted by Crippen LogP contribution is 2.21. The Morgan fingerprint density at radius 2 is 1.06 bits per heavy atom. The van der Waals surface area contributed by atoms with E-state index in [-0.39, 0.29) is 11.8 Å². The van der Waals surface area contributed by atoms with Crippen molar-refractivity contribution >= 4 is 23.2 Å². The van der Waals surface area contributed by atoms with E-state index in [0.717, 1.165) is 29.8 Å². The molecule has 2 amide bonds. The smallest absolute Gasteiger partial charge is 0.224 e. The summed E-state index contributed by atoms with van der Waals surface area (Å²) in [5.41, 5.74) is 2.47. The second kappa shape index (κ2) is 21.4. The van der Waals surface area contributed by atoms with E-state index in [9.17, 15) is 9.59 Å². The first-order chi connectivity index (χ1) is 17.0. The zero-order chi connectivity index (χ0) is 25.6. The van der Waals surface area contributed by atoms with Crippen molar-refractivity contribution in [2.24, 2.45) is 0 Å². The minimum Gasteiger partial charge on any atom is -0.326 e. The van der Waals surface area contributed by atoms with Gasteiger partial charge in [-0.05, 0) is 31.0 Å². The number of carbonyl (C=O) groups excluding carboxylic acids is 2. The molecular weight excluding hydrogens is 432 g/mol. The van der Waals surface area contributed by atoms with Gasteiger partial charge in [0.05, 0.1) is 0 Å². The van der Waals surface area contributed by atoms with E-state index >= 15 is 0 Å². The van der Waals surface area contributed by atoms with Crippen molar-refractivity contribution in [3.63, 3.8) is 0 Å². The molecule has 0 aliphatic rings. The molecule has 0 aliphatic heterocycles. The number of benzene rings is 1. The van der Waals surface area contributed by atoms with Gasteiger partial charge in [0.25, 0.3) is 0 Å². The average Bonchev–Trinajstić information content (AvgIpc) is 2.82. The van der Waals surface area contributed by atoms with Gasteiger partial charge in [0.15, 0.2) is 0 Å². The number of anilines is 2. The molecule has 0 heterocycles. The van der Waals surface area contributed by atoms with Crippen LogP contribution in [0.15, 0.2) is 18.2 Å². The summed E-state index contributed by atoms with van der Waals surface area (Å²) < 4.78 is 0. The molecule has 0 atom stereocenters. The molecule has 1 aromatic carbocycles. The Balaban J connectivity index is 1.88. The van der Waals surface area contributed by atoms with E-state index in [1.54, 1.807) is 0 Å². The molecule has 4 nitrogen and oxygen atoms in total. The lowest BCUT2D eigenvalue weighted by molar-refractivity contribution is -0.116. The number of hydrogen-bond acceptors (Lipinski definition) is 2. The van der Waals surface area contributed by atoms with Crippen molar-refractivity contribution in [1.82, 2.24) is 0 Å². The van der Waals surface area contributed by atoms with Crippen LogP contribution in [0.2, 0.25) is 0 Å². The van der Waals surface area contributed by atoms with Crippen molar-refractivity contribution in [3.8, 4) is 0 Å². The van der Waals surface area contributed by atoms with Gasteiger partial charge in [0, 0.05) is 24.7 Å². The molecule has 0 fully saturated rings. The minimum atomic E-state index is -0.106. The van der Waals surface area contributed by atoms with Crippen molar-refractivity contribution in [1.29, 1.82) is 0 Å². The molecule has 0 saturated heterocycles. The molecule has 0 radical (unpaired) electrons. The molecule has 2 N–H and O–H groups in total. The maximum Gasteiger partial charge on any atom is 0.224 e. The average molecular weight is 487 g/mol. The summed E-state index contributed by atoms with van der Waals surface area (Å²) >= 11 is 0. The molecule has 1 rings (SSSR count). The number of hydrogen-bond donors (Lipinski definition) is 2. The predicted molar refractivity (Wildman–Crippen MR) is 152 cm³/mol. The van der Waals surface area contributed by atoms with Crippen molar-refractivity contribution < 1.29 is 9.59 Å². The highest BCUT2D eigenvalue weighted by atomic mass is 16.2. The summed E-state index contributed by atoms with van der Waals surface area (Å²) in [4.78, 5) is 23.5. The van der Waals surface area contributed by atoms with Crippen LogP contribution < -0.4 is 10.6 Å². The number of nitrogens with one attached hydrogen (secondary N) is 2. The maximum atomic E-state index is 12.2. The molecule has 0 aliphatic carbocycles. The second-order valence-corrected chi connectivity index (χ2v) is 10.4. The molecule has 200 valence electrons. The first-order valence-corrected chi connectivity index (χ1v) is 14.7. The molecule has 0 spiro atoms. The third kappa shape index (κ3) is 18.1. The van der Waals surface area contributed by atoms with Gasteiger partial charge in [-0.25, -0.2) is 0 Å². The number of rotatable bonds is 22. The fourth-order valence-electron chi connectivity index (χ4n) is 4.61. The molecular formula is C31H54N2O2. The lowest BCUT2D eigenvalue weighted by Crippen LogP contribution is -2.12. The van der Waals surface area contributed by atoms with Gasteiger partial charge in [-0.15, -0.1) is 0 Å². The lowest BCUT2D eigenvalue weighted by atomic mass is 10.0. The SMILES string of the molecule is CCCCCCCCCCCCCCCCCCCCCC(=O)Nc1ccc(C)c(NC(C)=O)c1. The van der Waals surface area contributed by atoms with Gasteiger partial charge in [0.1, 0.15) is 0 Å². The van der Waals surface area contributed by atoms with Gasteiger partial charge >= 0.3 is 0 Å². The van der Waals surface area contributed by atoms with E-state index in [1.807, 2.05) is 25.1 Å². The van der Waals surface area contributed by atoms with E-state index in [0.29, 0.717) is 6.42 Å². The molecule has 1 aromatic rings. The zero-order valence-electron chi connectivity index (χ0n) is 23.2. The van der Waals surface area contributed by atoms with Crippen molar-refractivity contribution in [3.05, 3.63) is 23.8 Å². The summed E-state index contributed by atoms with van der Waals surface area (Å²) in [5, 5.41) is 5.75. The lowest BCUT2D eigenvalue weighted by Gasteiger charge is -2.10. The van der Waals surface area contributed by atoms with Gasteiger partial charge < -0.3 is 10.6 Å². The first-order valence-electron chi connectivity index (χ1n) is 14.7. The third-order valence-electron chi connectivity index (χ3n) is 6.84. The quantitative estimate of drug-likeness (QED) is 0.160. The van der Waals surface area contributed by atoms with Gasteiger partial charge in [-0.1, -0.05) is 129 Å².